The molecule has 1 saturated carbocycles. The fourth-order valence-electron chi connectivity index (χ4n) is 3.29. The highest BCUT2D eigenvalue weighted by atomic mass is 16.2. The molecule has 2 aromatic heterocycles. The number of pyridine rings is 1. The Balaban J connectivity index is 1.47. The van der Waals surface area contributed by atoms with Gasteiger partial charge in [0.15, 0.2) is 0 Å². The fraction of sp³-hybridized carbons (Fsp3) is 0.474. The Morgan fingerprint density at radius 2 is 2.15 bits per heavy atom. The molecule has 0 saturated heterocycles. The Hall–Kier alpha value is -2.90. The molecule has 0 unspecified atom stereocenters. The topological polar surface area (TPSA) is 92.1 Å². The van der Waals surface area contributed by atoms with Crippen molar-refractivity contribution in [1.82, 2.24) is 25.0 Å². The molecule has 2 aliphatic rings. The van der Waals surface area contributed by atoms with Gasteiger partial charge >= 0.3 is 0 Å². The van der Waals surface area contributed by atoms with Gasteiger partial charge in [-0.2, -0.15) is 5.10 Å². The molecule has 2 aromatic rings. The summed E-state index contributed by atoms with van der Waals surface area (Å²) in [5.74, 6) is 1.68. The molecule has 0 spiro atoms. The van der Waals surface area contributed by atoms with Crippen molar-refractivity contribution in [2.24, 2.45) is 13.0 Å². The van der Waals surface area contributed by atoms with E-state index >= 15 is 0 Å². The lowest BCUT2D eigenvalue weighted by atomic mass is 10.2. The molecule has 27 heavy (non-hydrogen) atoms. The van der Waals surface area contributed by atoms with Crippen molar-refractivity contribution in [3.05, 3.63) is 35.2 Å². The van der Waals surface area contributed by atoms with Crippen LogP contribution in [0.3, 0.4) is 0 Å². The highest BCUT2D eigenvalue weighted by molar-refractivity contribution is 5.99. The molecule has 1 fully saturated rings. The number of fused-ring (bicyclic) bond motifs is 1. The van der Waals surface area contributed by atoms with Crippen molar-refractivity contribution < 1.29 is 9.59 Å². The number of amides is 2. The lowest BCUT2D eigenvalue weighted by Gasteiger charge is -2.23. The van der Waals surface area contributed by atoms with Gasteiger partial charge in [0.2, 0.25) is 5.91 Å². The fourth-order valence-corrected chi connectivity index (χ4v) is 3.29. The molecular weight excluding hydrogens is 344 g/mol. The third kappa shape index (κ3) is 3.51. The third-order valence-corrected chi connectivity index (χ3v) is 5.15. The summed E-state index contributed by atoms with van der Waals surface area (Å²) in [7, 11) is 1.84. The van der Waals surface area contributed by atoms with E-state index in [9.17, 15) is 9.59 Å². The number of nitrogens with zero attached hydrogens (tertiary/aromatic N) is 4. The van der Waals surface area contributed by atoms with Gasteiger partial charge in [0.05, 0.1) is 5.69 Å². The molecule has 0 aromatic carbocycles. The van der Waals surface area contributed by atoms with Crippen LogP contribution in [0.5, 0.6) is 0 Å². The van der Waals surface area contributed by atoms with Crippen LogP contribution in [0.4, 0.5) is 11.6 Å². The Morgan fingerprint density at radius 1 is 1.37 bits per heavy atom. The van der Waals surface area contributed by atoms with Gasteiger partial charge in [0, 0.05) is 31.8 Å². The number of aromatic nitrogens is 3. The maximum Gasteiger partial charge on any atom is 0.273 e. The molecular formula is C19H24N6O2. The minimum atomic E-state index is -0.512. The maximum absolute atomic E-state index is 12.8. The number of hydrogen-bond donors (Lipinski definition) is 2. The monoisotopic (exact) mass is 368 g/mol. The quantitative estimate of drug-likeness (QED) is 0.810. The molecule has 4 rings (SSSR count). The van der Waals surface area contributed by atoms with Crippen LogP contribution in [0.1, 0.15) is 41.5 Å². The Morgan fingerprint density at radius 3 is 2.81 bits per heavy atom. The number of carbonyl (C=O) groups excluding carboxylic acids is 2. The van der Waals surface area contributed by atoms with Gasteiger partial charge in [-0.1, -0.05) is 6.07 Å². The van der Waals surface area contributed by atoms with E-state index in [1.54, 1.807) is 16.5 Å². The van der Waals surface area contributed by atoms with Crippen molar-refractivity contribution in [1.29, 1.82) is 0 Å². The average molecular weight is 368 g/mol. The van der Waals surface area contributed by atoms with E-state index in [1.807, 2.05) is 32.2 Å². The largest absolute Gasteiger partial charge is 0.354 e. The Labute approximate surface area is 158 Å². The lowest BCUT2D eigenvalue weighted by molar-refractivity contribution is -0.125. The molecule has 0 bridgehead atoms. The van der Waals surface area contributed by atoms with Crippen molar-refractivity contribution in [3.63, 3.8) is 0 Å². The molecule has 3 heterocycles. The van der Waals surface area contributed by atoms with E-state index in [-0.39, 0.29) is 11.8 Å². The standard InChI is InChI=1S/C19H24N6O2/c1-11-8-16(24(3)23-11)21-15-7-6-14-10-25(19(27)17(14)22-15)12(2)18(26)20-9-13-4-5-13/h6-8,12-13H,4-5,9-10H2,1-3H3,(H,20,26)(H,21,22)/t12-/m1/s1. The summed E-state index contributed by atoms with van der Waals surface area (Å²) in [5.41, 5.74) is 2.14. The zero-order valence-electron chi connectivity index (χ0n) is 15.8. The van der Waals surface area contributed by atoms with Crippen molar-refractivity contribution in [3.8, 4) is 0 Å². The van der Waals surface area contributed by atoms with Crippen LogP contribution in [-0.2, 0) is 18.4 Å². The summed E-state index contributed by atoms with van der Waals surface area (Å²) >= 11 is 0. The van der Waals surface area contributed by atoms with Gasteiger partial charge < -0.3 is 15.5 Å². The summed E-state index contributed by atoms with van der Waals surface area (Å²) in [6.45, 7) is 4.79. The van der Waals surface area contributed by atoms with Gasteiger partial charge in [-0.25, -0.2) is 4.98 Å². The van der Waals surface area contributed by atoms with E-state index in [4.69, 9.17) is 0 Å². The normalized spacial score (nSPS) is 17.0. The molecule has 1 aliphatic heterocycles. The highest BCUT2D eigenvalue weighted by Crippen LogP contribution is 2.28. The van der Waals surface area contributed by atoms with Crippen molar-refractivity contribution >= 4 is 23.5 Å². The average Bonchev–Trinajstić information content (AvgIpc) is 3.34. The zero-order valence-corrected chi connectivity index (χ0v) is 15.8. The molecule has 1 aliphatic carbocycles. The predicted octanol–water partition coefficient (Wildman–Crippen LogP) is 1.74. The molecule has 8 nitrogen and oxygen atoms in total. The first-order chi connectivity index (χ1) is 12.9. The van der Waals surface area contributed by atoms with Gasteiger partial charge in [-0.15, -0.1) is 0 Å². The summed E-state index contributed by atoms with van der Waals surface area (Å²) in [5, 5.41) is 10.4. The third-order valence-electron chi connectivity index (χ3n) is 5.15. The van der Waals surface area contributed by atoms with E-state index in [0.717, 1.165) is 17.1 Å². The molecule has 2 amide bonds. The lowest BCUT2D eigenvalue weighted by Crippen LogP contribution is -2.45. The van der Waals surface area contributed by atoms with Crippen LogP contribution < -0.4 is 10.6 Å². The second-order valence-corrected chi connectivity index (χ2v) is 7.42. The minimum absolute atomic E-state index is 0.105. The maximum atomic E-state index is 12.8. The minimum Gasteiger partial charge on any atom is -0.354 e. The summed E-state index contributed by atoms with van der Waals surface area (Å²) in [6, 6.07) is 5.13. The van der Waals surface area contributed by atoms with E-state index < -0.39 is 6.04 Å². The molecule has 142 valence electrons. The van der Waals surface area contributed by atoms with Crippen LogP contribution in [0.15, 0.2) is 18.2 Å². The molecule has 8 heteroatoms. The van der Waals surface area contributed by atoms with Crippen LogP contribution in [-0.4, -0.2) is 44.1 Å². The van der Waals surface area contributed by atoms with Crippen molar-refractivity contribution in [2.45, 2.75) is 39.3 Å². The number of aryl methyl sites for hydroxylation is 2. The number of nitrogens with one attached hydrogen (secondary N) is 2. The van der Waals surface area contributed by atoms with E-state index in [0.29, 0.717) is 30.5 Å². The first kappa shape index (κ1) is 17.5. The number of anilines is 2. The smallest absolute Gasteiger partial charge is 0.273 e. The second kappa shape index (κ2) is 6.68. The van der Waals surface area contributed by atoms with Crippen molar-refractivity contribution in [2.75, 3.05) is 11.9 Å². The number of hydrogen-bond acceptors (Lipinski definition) is 5. The van der Waals surface area contributed by atoms with Crippen LogP contribution in [0.25, 0.3) is 0 Å². The van der Waals surface area contributed by atoms with Gasteiger partial charge in [0.25, 0.3) is 5.91 Å². The zero-order chi connectivity index (χ0) is 19.1. The molecule has 0 radical (unpaired) electrons. The van der Waals surface area contributed by atoms with Crippen LogP contribution in [0, 0.1) is 12.8 Å². The van der Waals surface area contributed by atoms with Gasteiger partial charge in [0.1, 0.15) is 23.4 Å². The summed E-state index contributed by atoms with van der Waals surface area (Å²) in [4.78, 5) is 31.2. The first-order valence-corrected chi connectivity index (χ1v) is 9.28. The SMILES string of the molecule is Cc1cc(Nc2ccc3c(n2)C(=O)N([C@H](C)C(=O)NCC2CC2)C3)n(C)n1. The van der Waals surface area contributed by atoms with Crippen LogP contribution >= 0.6 is 0 Å². The van der Waals surface area contributed by atoms with E-state index in [2.05, 4.69) is 20.7 Å². The number of carbonyl (C=O) groups is 2. The summed E-state index contributed by atoms with van der Waals surface area (Å²) < 4.78 is 1.73. The van der Waals surface area contributed by atoms with Gasteiger partial charge in [-0.05, 0) is 38.7 Å². The van der Waals surface area contributed by atoms with Gasteiger partial charge in [-0.3, -0.25) is 14.3 Å². The van der Waals surface area contributed by atoms with E-state index in [1.165, 1.54) is 12.8 Å². The Bertz CT molecular complexity index is 902. The predicted molar refractivity (Wildman–Crippen MR) is 101 cm³/mol. The first-order valence-electron chi connectivity index (χ1n) is 9.28. The Kier molecular flexibility index (Phi) is 4.33. The summed E-state index contributed by atoms with van der Waals surface area (Å²) in [6.07, 6.45) is 2.36. The number of rotatable bonds is 6. The molecule has 1 atom stereocenters. The van der Waals surface area contributed by atoms with Crippen LogP contribution in [0.2, 0.25) is 0 Å². The highest BCUT2D eigenvalue weighted by Gasteiger charge is 2.35. The second-order valence-electron chi connectivity index (χ2n) is 7.42. The molecule has 2 N–H and O–H groups in total.